The summed E-state index contributed by atoms with van der Waals surface area (Å²) in [6.45, 7) is 7.15. The first kappa shape index (κ1) is 13.8. The molecule has 1 heterocycles. The van der Waals surface area contributed by atoms with E-state index in [1.807, 2.05) is 6.92 Å². The van der Waals surface area contributed by atoms with Gasteiger partial charge < -0.3 is 10.6 Å². The van der Waals surface area contributed by atoms with E-state index in [0.29, 0.717) is 12.1 Å². The van der Waals surface area contributed by atoms with Crippen LogP contribution in [0.2, 0.25) is 0 Å². The van der Waals surface area contributed by atoms with Crippen LogP contribution in [0.1, 0.15) is 46.0 Å². The van der Waals surface area contributed by atoms with Crippen LogP contribution in [0.15, 0.2) is 0 Å². The van der Waals surface area contributed by atoms with Crippen molar-refractivity contribution < 1.29 is 4.79 Å². The van der Waals surface area contributed by atoms with Crippen molar-refractivity contribution in [1.82, 2.24) is 15.5 Å². The second kappa shape index (κ2) is 6.53. The topological polar surface area (TPSA) is 44.4 Å². The highest BCUT2D eigenvalue weighted by molar-refractivity contribution is 5.81. The van der Waals surface area contributed by atoms with Gasteiger partial charge in [-0.05, 0) is 26.7 Å². The van der Waals surface area contributed by atoms with Gasteiger partial charge in [-0.15, -0.1) is 0 Å². The lowest BCUT2D eigenvalue weighted by Gasteiger charge is -2.36. The number of rotatable bonds is 3. The predicted molar refractivity (Wildman–Crippen MR) is 73.5 cm³/mol. The minimum atomic E-state index is 0.0106. The van der Waals surface area contributed by atoms with Gasteiger partial charge in [-0.3, -0.25) is 9.69 Å². The van der Waals surface area contributed by atoms with E-state index in [1.54, 1.807) is 0 Å². The fourth-order valence-corrected chi connectivity index (χ4v) is 3.05. The average molecular weight is 253 g/mol. The zero-order valence-electron chi connectivity index (χ0n) is 11.7. The van der Waals surface area contributed by atoms with Crippen molar-refractivity contribution >= 4 is 5.91 Å². The minimum Gasteiger partial charge on any atom is -0.352 e. The molecule has 1 aliphatic heterocycles. The molecule has 1 aliphatic carbocycles. The lowest BCUT2D eigenvalue weighted by atomic mass is 9.95. The van der Waals surface area contributed by atoms with Gasteiger partial charge in [-0.2, -0.15) is 0 Å². The molecule has 18 heavy (non-hydrogen) atoms. The molecule has 0 aromatic rings. The second-order valence-corrected chi connectivity index (χ2v) is 5.87. The third-order valence-electron chi connectivity index (χ3n) is 4.28. The second-order valence-electron chi connectivity index (χ2n) is 5.87. The Hall–Kier alpha value is -0.610. The van der Waals surface area contributed by atoms with Crippen molar-refractivity contribution in [2.75, 3.05) is 19.6 Å². The number of carbonyl (C=O) groups excluding carboxylic acids is 1. The Balaban J connectivity index is 1.79. The third-order valence-corrected chi connectivity index (χ3v) is 4.28. The van der Waals surface area contributed by atoms with E-state index in [2.05, 4.69) is 22.5 Å². The van der Waals surface area contributed by atoms with Crippen LogP contribution >= 0.6 is 0 Å². The first-order valence-corrected chi connectivity index (χ1v) is 7.44. The molecule has 2 rings (SSSR count). The van der Waals surface area contributed by atoms with Crippen molar-refractivity contribution in [3.05, 3.63) is 0 Å². The van der Waals surface area contributed by atoms with E-state index in [1.165, 1.54) is 19.3 Å². The molecule has 2 atom stereocenters. The van der Waals surface area contributed by atoms with Crippen molar-refractivity contribution in [3.8, 4) is 0 Å². The zero-order chi connectivity index (χ0) is 13.0. The number of hydrogen-bond acceptors (Lipinski definition) is 3. The maximum absolute atomic E-state index is 12.2. The van der Waals surface area contributed by atoms with Crippen LogP contribution in [-0.4, -0.2) is 48.6 Å². The van der Waals surface area contributed by atoms with E-state index in [9.17, 15) is 4.79 Å². The molecule has 2 N–H and O–H groups in total. The average Bonchev–Trinajstić information content (AvgIpc) is 2.39. The lowest BCUT2D eigenvalue weighted by molar-refractivity contribution is -0.127. The number of nitrogens with zero attached hydrogens (tertiary/aromatic N) is 1. The van der Waals surface area contributed by atoms with Crippen molar-refractivity contribution in [2.45, 2.75) is 64.1 Å². The summed E-state index contributed by atoms with van der Waals surface area (Å²) in [4.78, 5) is 14.5. The highest BCUT2D eigenvalue weighted by Gasteiger charge is 2.26. The standard InChI is InChI=1S/C14H27N3O/c1-11-10-17(9-8-15-11)12(2)14(18)16-13-6-4-3-5-7-13/h11-13,15H,3-10H2,1-2H3,(H,16,18). The Morgan fingerprint density at radius 1 is 1.33 bits per heavy atom. The van der Waals surface area contributed by atoms with Crippen LogP contribution in [0.3, 0.4) is 0 Å². The van der Waals surface area contributed by atoms with E-state index >= 15 is 0 Å². The summed E-state index contributed by atoms with van der Waals surface area (Å²) < 4.78 is 0. The maximum atomic E-state index is 12.2. The van der Waals surface area contributed by atoms with Crippen molar-refractivity contribution in [2.24, 2.45) is 0 Å². The number of nitrogens with one attached hydrogen (secondary N) is 2. The van der Waals surface area contributed by atoms with Crippen LogP contribution in [0.25, 0.3) is 0 Å². The molecule has 1 amide bonds. The Kier molecular flexibility index (Phi) is 5.01. The minimum absolute atomic E-state index is 0.0106. The normalized spacial score (nSPS) is 28.9. The Morgan fingerprint density at radius 2 is 2.06 bits per heavy atom. The van der Waals surface area contributed by atoms with Gasteiger partial charge in [0.1, 0.15) is 0 Å². The monoisotopic (exact) mass is 253 g/mol. The number of hydrogen-bond donors (Lipinski definition) is 2. The van der Waals surface area contributed by atoms with Crippen LogP contribution in [-0.2, 0) is 4.79 Å². The van der Waals surface area contributed by atoms with Gasteiger partial charge in [0.15, 0.2) is 0 Å². The first-order valence-electron chi connectivity index (χ1n) is 7.44. The van der Waals surface area contributed by atoms with Crippen molar-refractivity contribution in [3.63, 3.8) is 0 Å². The molecule has 2 unspecified atom stereocenters. The molecule has 1 saturated carbocycles. The number of carbonyl (C=O) groups is 1. The largest absolute Gasteiger partial charge is 0.352 e. The molecule has 4 heteroatoms. The number of piperazine rings is 1. The van der Waals surface area contributed by atoms with Crippen LogP contribution in [0.5, 0.6) is 0 Å². The smallest absolute Gasteiger partial charge is 0.237 e. The third kappa shape index (κ3) is 3.69. The summed E-state index contributed by atoms with van der Waals surface area (Å²) in [6.07, 6.45) is 6.19. The summed E-state index contributed by atoms with van der Waals surface area (Å²) in [5, 5.41) is 6.64. The van der Waals surface area contributed by atoms with Gasteiger partial charge in [0, 0.05) is 31.7 Å². The SMILES string of the molecule is CC1CN(C(C)C(=O)NC2CCCCC2)CCN1. The van der Waals surface area contributed by atoms with Crippen LogP contribution in [0.4, 0.5) is 0 Å². The summed E-state index contributed by atoms with van der Waals surface area (Å²) in [5.41, 5.74) is 0. The maximum Gasteiger partial charge on any atom is 0.237 e. The summed E-state index contributed by atoms with van der Waals surface area (Å²) in [7, 11) is 0. The highest BCUT2D eigenvalue weighted by atomic mass is 16.2. The van der Waals surface area contributed by atoms with Gasteiger partial charge in [-0.1, -0.05) is 19.3 Å². The summed E-state index contributed by atoms with van der Waals surface area (Å²) in [6, 6.07) is 0.925. The van der Waals surface area contributed by atoms with Gasteiger partial charge in [0.25, 0.3) is 0 Å². The van der Waals surface area contributed by atoms with Crippen LogP contribution < -0.4 is 10.6 Å². The zero-order valence-corrected chi connectivity index (χ0v) is 11.7. The molecule has 1 saturated heterocycles. The van der Waals surface area contributed by atoms with E-state index in [0.717, 1.165) is 32.5 Å². The van der Waals surface area contributed by atoms with E-state index < -0.39 is 0 Å². The number of amides is 1. The van der Waals surface area contributed by atoms with E-state index in [-0.39, 0.29) is 11.9 Å². The first-order chi connectivity index (χ1) is 8.66. The quantitative estimate of drug-likeness (QED) is 0.792. The Bertz CT molecular complexity index is 276. The van der Waals surface area contributed by atoms with Crippen LogP contribution in [0, 0.1) is 0 Å². The van der Waals surface area contributed by atoms with Gasteiger partial charge in [0.2, 0.25) is 5.91 Å². The molecule has 0 aromatic carbocycles. The fraction of sp³-hybridized carbons (Fsp3) is 0.929. The molecular formula is C14H27N3O. The molecule has 104 valence electrons. The highest BCUT2D eigenvalue weighted by Crippen LogP contribution is 2.17. The molecule has 0 bridgehead atoms. The molecule has 2 fully saturated rings. The Morgan fingerprint density at radius 3 is 2.72 bits per heavy atom. The lowest BCUT2D eigenvalue weighted by Crippen LogP contribution is -2.56. The molecule has 0 radical (unpaired) electrons. The molecule has 0 aromatic heterocycles. The molecule has 0 spiro atoms. The van der Waals surface area contributed by atoms with Gasteiger partial charge in [0.05, 0.1) is 6.04 Å². The summed E-state index contributed by atoms with van der Waals surface area (Å²) >= 11 is 0. The molecule has 2 aliphatic rings. The fourth-order valence-electron chi connectivity index (χ4n) is 3.05. The molecular weight excluding hydrogens is 226 g/mol. The van der Waals surface area contributed by atoms with Gasteiger partial charge >= 0.3 is 0 Å². The van der Waals surface area contributed by atoms with Crippen molar-refractivity contribution in [1.29, 1.82) is 0 Å². The predicted octanol–water partition coefficient (Wildman–Crippen LogP) is 1.12. The van der Waals surface area contributed by atoms with E-state index in [4.69, 9.17) is 0 Å². The molecule has 4 nitrogen and oxygen atoms in total. The Labute approximate surface area is 110 Å². The van der Waals surface area contributed by atoms with Gasteiger partial charge in [-0.25, -0.2) is 0 Å². The summed E-state index contributed by atoms with van der Waals surface area (Å²) in [5.74, 6) is 0.219.